The molecule has 1 saturated carbocycles. The van der Waals surface area contributed by atoms with Crippen molar-refractivity contribution in [2.24, 2.45) is 29.6 Å². The molecule has 8 atom stereocenters. The quantitative estimate of drug-likeness (QED) is 0.211. The van der Waals surface area contributed by atoms with E-state index in [9.17, 15) is 0 Å². The van der Waals surface area contributed by atoms with Gasteiger partial charge in [0.05, 0.1) is 0 Å². The molecule has 1 heterocycles. The third-order valence-electron chi connectivity index (χ3n) is 14.5. The van der Waals surface area contributed by atoms with Gasteiger partial charge in [0.1, 0.15) is 11.9 Å². The highest BCUT2D eigenvalue weighted by Gasteiger charge is 2.62. The fourth-order valence-corrected chi connectivity index (χ4v) is 12.2. The number of nitrogens with zero attached hydrogens (tertiary/aromatic N) is 1. The van der Waals surface area contributed by atoms with Crippen molar-refractivity contribution in [3.05, 3.63) is 204 Å². The van der Waals surface area contributed by atoms with Crippen LogP contribution in [0.3, 0.4) is 0 Å². The van der Waals surface area contributed by atoms with Crippen molar-refractivity contribution < 1.29 is 4.74 Å². The maximum Gasteiger partial charge on any atom is 0.128 e. The van der Waals surface area contributed by atoms with E-state index in [1.807, 2.05) is 0 Å². The lowest BCUT2D eigenvalue weighted by Crippen LogP contribution is -2.37. The van der Waals surface area contributed by atoms with Gasteiger partial charge in [-0.1, -0.05) is 141 Å². The average molecular weight is 698 g/mol. The first-order chi connectivity index (χ1) is 26.5. The van der Waals surface area contributed by atoms with Crippen molar-refractivity contribution in [3.63, 3.8) is 0 Å². The van der Waals surface area contributed by atoms with Crippen LogP contribution >= 0.6 is 0 Å². The number of ether oxygens (including phenoxy) is 1. The monoisotopic (exact) mass is 697 g/mol. The highest BCUT2D eigenvalue weighted by molar-refractivity contribution is 5.87. The molecule has 8 aliphatic rings. The molecule has 2 nitrogen and oxygen atoms in total. The van der Waals surface area contributed by atoms with E-state index in [0.717, 1.165) is 5.75 Å². The van der Waals surface area contributed by atoms with Gasteiger partial charge >= 0.3 is 0 Å². The fraction of sp³-hybridized carbons (Fsp3) is 0.231. The van der Waals surface area contributed by atoms with Gasteiger partial charge in [0.15, 0.2) is 0 Å². The largest absolute Gasteiger partial charge is 0.485 e. The third-order valence-corrected chi connectivity index (χ3v) is 14.5. The fourth-order valence-electron chi connectivity index (χ4n) is 12.2. The summed E-state index contributed by atoms with van der Waals surface area (Å²) >= 11 is 0. The Morgan fingerprint density at radius 3 is 1.87 bits per heavy atom. The second-order valence-corrected chi connectivity index (χ2v) is 17.1. The highest BCUT2D eigenvalue weighted by atomic mass is 16.5. The van der Waals surface area contributed by atoms with Gasteiger partial charge in [0.25, 0.3) is 0 Å². The normalized spacial score (nSPS) is 32.4. The van der Waals surface area contributed by atoms with Crippen LogP contribution in [0.5, 0.6) is 5.75 Å². The Bertz CT molecular complexity index is 2500. The van der Waals surface area contributed by atoms with Gasteiger partial charge < -0.3 is 9.64 Å². The van der Waals surface area contributed by atoms with E-state index in [1.165, 1.54) is 56.0 Å². The molecule has 0 saturated heterocycles. The molecule has 8 unspecified atom stereocenters. The number of fused-ring (bicyclic) bond motifs is 16. The summed E-state index contributed by atoms with van der Waals surface area (Å²) in [6, 6.07) is 30.8. The zero-order chi connectivity index (χ0) is 35.8. The smallest absolute Gasteiger partial charge is 0.128 e. The Morgan fingerprint density at radius 1 is 0.481 bits per heavy atom. The molecule has 0 amide bonds. The molecule has 7 aliphatic carbocycles. The Hall–Kier alpha value is -5.60. The number of allylic oxidation sites excluding steroid dienone is 14. The molecule has 0 bridgehead atoms. The zero-order valence-corrected chi connectivity index (χ0v) is 30.7. The van der Waals surface area contributed by atoms with Crippen molar-refractivity contribution >= 4 is 17.1 Å². The highest BCUT2D eigenvalue weighted by Crippen LogP contribution is 2.68. The van der Waals surface area contributed by atoms with E-state index in [2.05, 4.69) is 195 Å². The molecule has 262 valence electrons. The number of hydrogen-bond donors (Lipinski definition) is 0. The summed E-state index contributed by atoms with van der Waals surface area (Å²) < 4.78 is 6.47. The zero-order valence-electron chi connectivity index (χ0n) is 30.7. The van der Waals surface area contributed by atoms with E-state index in [0.29, 0.717) is 35.5 Å². The van der Waals surface area contributed by atoms with E-state index in [4.69, 9.17) is 4.74 Å². The van der Waals surface area contributed by atoms with Crippen LogP contribution in [0.15, 0.2) is 176 Å². The van der Waals surface area contributed by atoms with Crippen LogP contribution in [0.25, 0.3) is 11.1 Å². The lowest BCUT2D eigenvalue weighted by Gasteiger charge is -2.39. The standard InChI is InChI=1S/C52H43NO/c1-51(2)43-18-8-3-16-38(43)41-29-32(24-27-44(41)51)53(33-25-28-50-42(30-33)40-17-7-12-22-49(40)54-50)34-23-26-39-37-15-6-11-21-47(37)52(48(39)31-34)45-19-9-4-13-35(45)36-14-5-10-20-46(36)52/h3-31,35-36,38,40,43,45-46,49H,1-2H3. The lowest BCUT2D eigenvalue weighted by molar-refractivity contribution is 0.269. The molecular weight excluding hydrogens is 655 g/mol. The van der Waals surface area contributed by atoms with Crippen LogP contribution in [0.1, 0.15) is 53.5 Å². The SMILES string of the molecule is CC1(C)c2ccc(N(c3ccc4c(c3)C3C=CC=CC3O4)c3ccc4c(c3)C3(c5ccccc5-4)C4C=CC=CC4C4C=CC=CC43)cc2C2C=CC=CC21. The number of benzene rings is 4. The van der Waals surface area contributed by atoms with Gasteiger partial charge in [-0.3, -0.25) is 0 Å². The third kappa shape index (κ3) is 3.91. The first-order valence-electron chi connectivity index (χ1n) is 19.9. The molecule has 12 rings (SSSR count). The molecule has 1 spiro atoms. The molecule has 4 aromatic carbocycles. The van der Waals surface area contributed by atoms with Gasteiger partial charge in [-0.15, -0.1) is 0 Å². The molecule has 4 aromatic rings. The minimum Gasteiger partial charge on any atom is -0.485 e. The van der Waals surface area contributed by atoms with Gasteiger partial charge in [0, 0.05) is 39.9 Å². The van der Waals surface area contributed by atoms with E-state index >= 15 is 0 Å². The Labute approximate surface area is 318 Å². The van der Waals surface area contributed by atoms with Crippen LogP contribution in [0, 0.1) is 29.6 Å². The Kier molecular flexibility index (Phi) is 6.27. The van der Waals surface area contributed by atoms with Gasteiger partial charge in [-0.05, 0) is 117 Å². The summed E-state index contributed by atoms with van der Waals surface area (Å²) in [6.07, 6.45) is 37.3. The number of anilines is 3. The van der Waals surface area contributed by atoms with Crippen LogP contribution in [-0.4, -0.2) is 6.10 Å². The molecular formula is C52H43NO. The first kappa shape index (κ1) is 30.8. The molecule has 1 fully saturated rings. The maximum absolute atomic E-state index is 6.47. The predicted octanol–water partition coefficient (Wildman–Crippen LogP) is 12.2. The second-order valence-electron chi connectivity index (χ2n) is 17.1. The molecule has 0 N–H and O–H groups in total. The summed E-state index contributed by atoms with van der Waals surface area (Å²) in [5, 5.41) is 0. The lowest BCUT2D eigenvalue weighted by atomic mass is 9.63. The first-order valence-corrected chi connectivity index (χ1v) is 19.9. The summed E-state index contributed by atoms with van der Waals surface area (Å²) in [5.41, 5.74) is 13.3. The number of rotatable bonds is 3. The van der Waals surface area contributed by atoms with Crippen LogP contribution < -0.4 is 9.64 Å². The van der Waals surface area contributed by atoms with Gasteiger partial charge in [0.2, 0.25) is 0 Å². The minimum absolute atomic E-state index is 0.0517. The second kappa shape index (κ2) is 11.0. The van der Waals surface area contributed by atoms with Crippen LogP contribution in [0.4, 0.5) is 17.1 Å². The molecule has 54 heavy (non-hydrogen) atoms. The van der Waals surface area contributed by atoms with E-state index in [1.54, 1.807) is 0 Å². The minimum atomic E-state index is -0.169. The average Bonchev–Trinajstić information content (AvgIpc) is 3.90. The maximum atomic E-state index is 6.47. The Balaban J connectivity index is 1.08. The molecule has 0 radical (unpaired) electrons. The summed E-state index contributed by atoms with van der Waals surface area (Å²) in [7, 11) is 0. The topological polar surface area (TPSA) is 12.5 Å². The van der Waals surface area contributed by atoms with Crippen molar-refractivity contribution in [3.8, 4) is 16.9 Å². The van der Waals surface area contributed by atoms with E-state index < -0.39 is 0 Å². The summed E-state index contributed by atoms with van der Waals surface area (Å²) in [5.74, 6) is 3.66. The number of hydrogen-bond acceptors (Lipinski definition) is 2. The van der Waals surface area contributed by atoms with Crippen molar-refractivity contribution in [1.29, 1.82) is 0 Å². The summed E-state index contributed by atoms with van der Waals surface area (Å²) in [6.45, 7) is 4.84. The Morgan fingerprint density at radius 2 is 1.07 bits per heavy atom. The molecule has 1 aliphatic heterocycles. The predicted molar refractivity (Wildman–Crippen MR) is 221 cm³/mol. The van der Waals surface area contributed by atoms with Crippen LogP contribution in [-0.2, 0) is 10.8 Å². The van der Waals surface area contributed by atoms with Gasteiger partial charge in [-0.2, -0.15) is 0 Å². The van der Waals surface area contributed by atoms with Crippen molar-refractivity contribution in [2.75, 3.05) is 4.90 Å². The summed E-state index contributed by atoms with van der Waals surface area (Å²) in [4.78, 5) is 2.53. The molecule has 2 heteroatoms. The van der Waals surface area contributed by atoms with Crippen LogP contribution in [0.2, 0.25) is 0 Å². The van der Waals surface area contributed by atoms with Crippen molar-refractivity contribution in [1.82, 2.24) is 0 Å². The molecule has 0 aromatic heterocycles. The van der Waals surface area contributed by atoms with E-state index in [-0.39, 0.29) is 22.9 Å². The van der Waals surface area contributed by atoms with Gasteiger partial charge in [-0.25, -0.2) is 0 Å². The van der Waals surface area contributed by atoms with Crippen molar-refractivity contribution in [2.45, 2.75) is 42.6 Å².